The lowest BCUT2D eigenvalue weighted by Crippen LogP contribution is -2.60. The molecule has 6 N–H and O–H groups in total. The first kappa shape index (κ1) is 48.1. The molecule has 1 saturated heterocycles. The number of hydrogen-bond acceptors (Lipinski definition) is 8. The Balaban J connectivity index is 2.63. The van der Waals surface area contributed by atoms with Gasteiger partial charge in [0, 0.05) is 0 Å². The van der Waals surface area contributed by atoms with E-state index in [4.69, 9.17) is 14.0 Å². The van der Waals surface area contributed by atoms with Crippen LogP contribution in [0.5, 0.6) is 0 Å². The van der Waals surface area contributed by atoms with Crippen molar-refractivity contribution in [3.05, 3.63) is 0 Å². The molecule has 0 amide bonds. The maximum atomic E-state index is 11.7. The van der Waals surface area contributed by atoms with Gasteiger partial charge in [0.25, 0.3) is 0 Å². The summed E-state index contributed by atoms with van der Waals surface area (Å²) in [6, 6.07) is 0. The summed E-state index contributed by atoms with van der Waals surface area (Å²) in [5.41, 5.74) is 0. The third kappa shape index (κ3) is 25.1. The van der Waals surface area contributed by atoms with Crippen LogP contribution < -0.4 is 0 Å². The highest BCUT2D eigenvalue weighted by molar-refractivity contribution is 7.46. The van der Waals surface area contributed by atoms with Crippen molar-refractivity contribution < 1.29 is 57.4 Å². The molecule has 0 spiro atoms. The van der Waals surface area contributed by atoms with Crippen LogP contribution in [0, 0.1) is 5.92 Å². The van der Waals surface area contributed by atoms with Gasteiger partial charge in [-0.3, -0.25) is 9.05 Å². The number of phosphoric ester groups is 2. The quantitative estimate of drug-likeness (QED) is 0.0270. The van der Waals surface area contributed by atoms with Gasteiger partial charge in [0.1, 0.15) is 24.4 Å². The van der Waals surface area contributed by atoms with Crippen LogP contribution >= 0.6 is 15.6 Å². The first-order valence-electron chi connectivity index (χ1n) is 20.0. The normalized spacial score (nSPS) is 21.7. The van der Waals surface area contributed by atoms with E-state index in [1.165, 1.54) is 128 Å². The molecule has 50 heavy (non-hydrogen) atoms. The second-order valence-corrected chi connectivity index (χ2v) is 16.8. The molecule has 0 aromatic rings. The Labute approximate surface area is 303 Å². The Bertz CT molecular complexity index is 857. The molecule has 300 valence electrons. The summed E-state index contributed by atoms with van der Waals surface area (Å²) in [7, 11) is -10.4. The molecule has 1 rings (SSSR count). The molecule has 0 aromatic carbocycles. The lowest BCUT2D eigenvalue weighted by molar-refractivity contribution is -0.298. The summed E-state index contributed by atoms with van der Waals surface area (Å²) >= 11 is 0. The molecule has 0 bridgehead atoms. The summed E-state index contributed by atoms with van der Waals surface area (Å²) in [5, 5.41) is 20.8. The summed E-state index contributed by atoms with van der Waals surface area (Å²) in [6.45, 7) is 3.87. The highest BCUT2D eigenvalue weighted by Crippen LogP contribution is 2.46. The van der Waals surface area contributed by atoms with E-state index in [1.807, 2.05) is 0 Å². The van der Waals surface area contributed by atoms with E-state index in [-0.39, 0.29) is 12.5 Å². The molecule has 0 aromatic heterocycles. The SMILES string of the molecule is CCCCCCCCCCCCCCC(CCCCCCCCCCCCCC)CO[C@@H]1O[C@H](CO)[C@H](OP(=O)(O)O)[C@H](OP(=O)(O)O)[C@H]1O. The summed E-state index contributed by atoms with van der Waals surface area (Å²) in [5.74, 6) is 0.162. The zero-order chi connectivity index (χ0) is 37.1. The molecule has 0 unspecified atom stereocenters. The molecule has 0 aliphatic carbocycles. The van der Waals surface area contributed by atoms with Crippen molar-refractivity contribution in [2.45, 2.75) is 211 Å². The fourth-order valence-electron chi connectivity index (χ4n) is 6.83. The second kappa shape index (κ2) is 29.4. The zero-order valence-electron chi connectivity index (χ0n) is 31.3. The molecule has 1 heterocycles. The van der Waals surface area contributed by atoms with Gasteiger partial charge in [-0.2, -0.15) is 0 Å². The predicted molar refractivity (Wildman–Crippen MR) is 196 cm³/mol. The molecular formula is C36H74O12P2. The second-order valence-electron chi connectivity index (χ2n) is 14.4. The number of rotatable bonds is 34. The van der Waals surface area contributed by atoms with Crippen LogP contribution in [0.4, 0.5) is 0 Å². The minimum atomic E-state index is -5.24. The van der Waals surface area contributed by atoms with Gasteiger partial charge in [-0.05, 0) is 18.8 Å². The molecule has 5 atom stereocenters. The Morgan fingerprint density at radius 2 is 0.900 bits per heavy atom. The third-order valence-electron chi connectivity index (χ3n) is 9.74. The Morgan fingerprint density at radius 3 is 1.24 bits per heavy atom. The first-order valence-corrected chi connectivity index (χ1v) is 23.0. The van der Waals surface area contributed by atoms with Gasteiger partial charge < -0.3 is 39.3 Å². The standard InChI is InChI=1S/C36H74O12P2/c1-3-5-7-9-11-13-15-17-19-21-23-25-27-31(28-26-24-22-20-18-16-14-12-10-8-6-4-2)30-45-36-33(38)35(48-50(42,43)44)34(32(29-37)46-36)47-49(39,40)41/h31-38H,3-30H2,1-2H3,(H2,39,40,41)(H2,42,43,44)/t32-,33-,34+,35-,36-/m1/s1. The van der Waals surface area contributed by atoms with Crippen molar-refractivity contribution in [2.75, 3.05) is 13.2 Å². The Morgan fingerprint density at radius 1 is 0.560 bits per heavy atom. The number of phosphoric acid groups is 2. The van der Waals surface area contributed by atoms with Gasteiger partial charge in [0.15, 0.2) is 6.29 Å². The maximum absolute atomic E-state index is 11.7. The number of ether oxygens (including phenoxy) is 2. The van der Waals surface area contributed by atoms with Gasteiger partial charge in [0.2, 0.25) is 0 Å². The van der Waals surface area contributed by atoms with Crippen molar-refractivity contribution in [3.8, 4) is 0 Å². The third-order valence-corrected chi connectivity index (χ3v) is 10.8. The minimum Gasteiger partial charge on any atom is -0.394 e. The Hall–Kier alpha value is 0.0600. The molecule has 1 aliphatic heterocycles. The van der Waals surface area contributed by atoms with Crippen LogP contribution in [0.3, 0.4) is 0 Å². The van der Waals surface area contributed by atoms with Gasteiger partial charge in [-0.1, -0.05) is 168 Å². The van der Waals surface area contributed by atoms with Gasteiger partial charge >= 0.3 is 15.6 Å². The average Bonchev–Trinajstić information content (AvgIpc) is 3.05. The van der Waals surface area contributed by atoms with E-state index in [9.17, 15) is 38.9 Å². The van der Waals surface area contributed by atoms with Gasteiger partial charge in [-0.15, -0.1) is 0 Å². The molecule has 12 nitrogen and oxygen atoms in total. The van der Waals surface area contributed by atoms with E-state index in [0.717, 1.165) is 38.5 Å². The van der Waals surface area contributed by atoms with Crippen LogP contribution in [0.15, 0.2) is 0 Å². The summed E-state index contributed by atoms with van der Waals surface area (Å²) in [4.78, 5) is 37.5. The van der Waals surface area contributed by atoms with E-state index in [1.54, 1.807) is 0 Å². The van der Waals surface area contributed by atoms with Gasteiger partial charge in [-0.25, -0.2) is 9.13 Å². The molecule has 0 radical (unpaired) electrons. The smallest absolute Gasteiger partial charge is 0.394 e. The van der Waals surface area contributed by atoms with Crippen LogP contribution in [-0.4, -0.2) is 73.7 Å². The number of hydrogen-bond donors (Lipinski definition) is 6. The van der Waals surface area contributed by atoms with E-state index >= 15 is 0 Å². The average molecular weight is 761 g/mol. The van der Waals surface area contributed by atoms with Crippen molar-refractivity contribution in [1.82, 2.24) is 0 Å². The molecule has 1 aliphatic rings. The van der Waals surface area contributed by atoms with Crippen LogP contribution in [0.25, 0.3) is 0 Å². The zero-order valence-corrected chi connectivity index (χ0v) is 33.1. The molecular weight excluding hydrogens is 686 g/mol. The summed E-state index contributed by atoms with van der Waals surface area (Å²) in [6.07, 6.45) is 23.5. The fourth-order valence-corrected chi connectivity index (χ4v) is 7.97. The van der Waals surface area contributed by atoms with E-state index in [0.29, 0.717) is 0 Å². The Kier molecular flexibility index (Phi) is 28.3. The fraction of sp³-hybridized carbons (Fsp3) is 1.00. The molecule has 0 saturated carbocycles. The van der Waals surface area contributed by atoms with E-state index in [2.05, 4.69) is 18.4 Å². The van der Waals surface area contributed by atoms with Crippen molar-refractivity contribution in [3.63, 3.8) is 0 Å². The topological polar surface area (TPSA) is 192 Å². The highest BCUT2D eigenvalue weighted by Gasteiger charge is 2.51. The number of unbranched alkanes of at least 4 members (excludes halogenated alkanes) is 22. The molecule has 1 fully saturated rings. The number of aliphatic hydroxyl groups is 2. The minimum absolute atomic E-state index is 0.162. The van der Waals surface area contributed by atoms with Crippen molar-refractivity contribution in [2.24, 2.45) is 5.92 Å². The van der Waals surface area contributed by atoms with Gasteiger partial charge in [0.05, 0.1) is 13.2 Å². The lowest BCUT2D eigenvalue weighted by atomic mass is 9.94. The number of aliphatic hydroxyl groups excluding tert-OH is 2. The van der Waals surface area contributed by atoms with Crippen LogP contribution in [0.1, 0.15) is 181 Å². The van der Waals surface area contributed by atoms with Crippen LogP contribution in [0.2, 0.25) is 0 Å². The molecule has 14 heteroatoms. The first-order chi connectivity index (χ1) is 23.9. The predicted octanol–water partition coefficient (Wildman–Crippen LogP) is 8.84. The highest BCUT2D eigenvalue weighted by atomic mass is 31.2. The van der Waals surface area contributed by atoms with E-state index < -0.39 is 53.0 Å². The summed E-state index contributed by atoms with van der Waals surface area (Å²) < 4.78 is 44.1. The van der Waals surface area contributed by atoms with Crippen molar-refractivity contribution in [1.29, 1.82) is 0 Å². The van der Waals surface area contributed by atoms with Crippen molar-refractivity contribution >= 4 is 15.6 Å². The largest absolute Gasteiger partial charge is 0.470 e. The maximum Gasteiger partial charge on any atom is 0.470 e. The monoisotopic (exact) mass is 760 g/mol. The van der Waals surface area contributed by atoms with Crippen LogP contribution in [-0.2, 0) is 27.7 Å². The lowest BCUT2D eigenvalue weighted by Gasteiger charge is -2.43.